The van der Waals surface area contributed by atoms with Gasteiger partial charge in [-0.15, -0.1) is 0 Å². The van der Waals surface area contributed by atoms with E-state index in [1.54, 1.807) is 23.2 Å². The van der Waals surface area contributed by atoms with E-state index in [2.05, 4.69) is 25.3 Å². The predicted octanol–water partition coefficient (Wildman–Crippen LogP) is 3.89. The second kappa shape index (κ2) is 11.0. The number of anilines is 1. The smallest absolute Gasteiger partial charge is 0.433 e. The Morgan fingerprint density at radius 1 is 1.10 bits per heavy atom. The van der Waals surface area contributed by atoms with Crippen LogP contribution in [0.4, 0.5) is 19.1 Å². The highest BCUT2D eigenvalue weighted by molar-refractivity contribution is 5.98. The molecule has 4 aromatic rings. The van der Waals surface area contributed by atoms with Crippen LogP contribution in [-0.2, 0) is 12.7 Å². The van der Waals surface area contributed by atoms with Crippen LogP contribution in [0.2, 0.25) is 0 Å². The van der Waals surface area contributed by atoms with E-state index in [9.17, 15) is 18.0 Å². The SMILES string of the molecule is COc1ccnc(NC2CCN(C(=O)c3nc(-c4ccc(OC)c5nc(C(F)(F)F)ccc45)oc3CN)CC2)n1. The number of aromatic nitrogens is 4. The van der Waals surface area contributed by atoms with Gasteiger partial charge in [0.1, 0.15) is 17.0 Å². The number of halogens is 3. The highest BCUT2D eigenvalue weighted by atomic mass is 19.4. The summed E-state index contributed by atoms with van der Waals surface area (Å²) in [6.45, 7) is 0.800. The van der Waals surface area contributed by atoms with Crippen molar-refractivity contribution < 1.29 is 31.9 Å². The van der Waals surface area contributed by atoms with E-state index < -0.39 is 11.9 Å². The number of nitrogens with two attached hydrogens (primary N) is 1. The van der Waals surface area contributed by atoms with E-state index >= 15 is 0 Å². The van der Waals surface area contributed by atoms with Gasteiger partial charge in [0.15, 0.2) is 11.5 Å². The minimum absolute atomic E-state index is 0.00946. The number of ether oxygens (including phenoxy) is 2. The first-order valence-electron chi connectivity index (χ1n) is 12.4. The molecular formula is C26H26F3N7O4. The first kappa shape index (κ1) is 27.1. The van der Waals surface area contributed by atoms with Gasteiger partial charge >= 0.3 is 6.18 Å². The molecule has 1 aliphatic heterocycles. The fraction of sp³-hybridized carbons (Fsp3) is 0.346. The van der Waals surface area contributed by atoms with E-state index in [-0.39, 0.29) is 47.1 Å². The van der Waals surface area contributed by atoms with Crippen LogP contribution in [0.25, 0.3) is 22.4 Å². The summed E-state index contributed by atoms with van der Waals surface area (Å²) in [7, 11) is 2.87. The van der Waals surface area contributed by atoms with Crippen molar-refractivity contribution in [1.29, 1.82) is 0 Å². The van der Waals surface area contributed by atoms with Crippen molar-refractivity contribution in [2.45, 2.75) is 31.6 Å². The molecule has 0 spiro atoms. The number of nitrogens with zero attached hydrogens (tertiary/aromatic N) is 5. The third kappa shape index (κ3) is 5.34. The molecule has 4 heterocycles. The Balaban J connectivity index is 1.37. The lowest BCUT2D eigenvalue weighted by Gasteiger charge is -2.32. The van der Waals surface area contributed by atoms with Gasteiger partial charge in [0.05, 0.1) is 20.8 Å². The summed E-state index contributed by atoms with van der Waals surface area (Å²) in [4.78, 5) is 31.7. The number of benzene rings is 1. The van der Waals surface area contributed by atoms with Crippen molar-refractivity contribution in [2.75, 3.05) is 32.6 Å². The molecule has 40 heavy (non-hydrogen) atoms. The number of fused-ring (bicyclic) bond motifs is 1. The minimum atomic E-state index is -4.63. The molecule has 1 aliphatic rings. The summed E-state index contributed by atoms with van der Waals surface area (Å²) >= 11 is 0. The Labute approximate surface area is 226 Å². The van der Waals surface area contributed by atoms with Crippen LogP contribution in [0.1, 0.15) is 34.8 Å². The van der Waals surface area contributed by atoms with Crippen molar-refractivity contribution in [1.82, 2.24) is 24.8 Å². The van der Waals surface area contributed by atoms with Crippen molar-refractivity contribution in [3.8, 4) is 23.1 Å². The fourth-order valence-corrected chi connectivity index (χ4v) is 4.56. The van der Waals surface area contributed by atoms with Crippen LogP contribution in [-0.4, -0.2) is 64.1 Å². The van der Waals surface area contributed by atoms with Crippen LogP contribution in [0.15, 0.2) is 40.9 Å². The highest BCUT2D eigenvalue weighted by Gasteiger charge is 2.33. The second-order valence-electron chi connectivity index (χ2n) is 9.03. The summed E-state index contributed by atoms with van der Waals surface area (Å²) in [6, 6.07) is 6.92. The standard InChI is InChI=1S/C26H26F3N7O4/c1-38-17-5-3-16(15-4-6-19(26(27,28)29)33-21(15)17)23-35-22(18(13-30)40-23)24(37)36-11-8-14(9-12-36)32-25-31-10-7-20(34-25)39-2/h3-7,10,14H,8-9,11-13,30H2,1-2H3,(H,31,32,34). The Bertz CT molecular complexity index is 1530. The summed E-state index contributed by atoms with van der Waals surface area (Å²) in [5, 5.41) is 3.58. The van der Waals surface area contributed by atoms with E-state index in [1.807, 2.05) is 0 Å². The third-order valence-electron chi connectivity index (χ3n) is 6.60. The van der Waals surface area contributed by atoms with Crippen molar-refractivity contribution in [2.24, 2.45) is 5.73 Å². The lowest BCUT2D eigenvalue weighted by atomic mass is 10.0. The molecular weight excluding hydrogens is 531 g/mol. The van der Waals surface area contributed by atoms with Crippen LogP contribution >= 0.6 is 0 Å². The van der Waals surface area contributed by atoms with Gasteiger partial charge in [-0.05, 0) is 37.1 Å². The summed E-state index contributed by atoms with van der Waals surface area (Å²) < 4.78 is 56.1. The van der Waals surface area contributed by atoms with E-state index in [0.717, 1.165) is 6.07 Å². The van der Waals surface area contributed by atoms with Crippen molar-refractivity contribution in [3.05, 3.63) is 53.7 Å². The predicted molar refractivity (Wildman–Crippen MR) is 138 cm³/mol. The van der Waals surface area contributed by atoms with Crippen LogP contribution in [0, 0.1) is 0 Å². The van der Waals surface area contributed by atoms with E-state index in [0.29, 0.717) is 48.7 Å². The monoisotopic (exact) mass is 557 g/mol. The molecule has 1 saturated heterocycles. The molecule has 0 radical (unpaired) electrons. The first-order chi connectivity index (χ1) is 19.2. The van der Waals surface area contributed by atoms with Gasteiger partial charge in [0, 0.05) is 42.3 Å². The van der Waals surface area contributed by atoms with Crippen LogP contribution < -0.4 is 20.5 Å². The topological polar surface area (TPSA) is 142 Å². The molecule has 14 heteroatoms. The lowest BCUT2D eigenvalue weighted by Crippen LogP contribution is -2.43. The number of carbonyl (C=O) groups excluding carboxylic acids is 1. The molecule has 5 rings (SSSR count). The number of methoxy groups -OCH3 is 2. The van der Waals surface area contributed by atoms with E-state index in [1.165, 1.54) is 26.4 Å². The molecule has 1 amide bonds. The average molecular weight is 558 g/mol. The molecule has 0 unspecified atom stereocenters. The minimum Gasteiger partial charge on any atom is -0.494 e. The number of oxazole rings is 1. The molecule has 0 saturated carbocycles. The van der Waals surface area contributed by atoms with Crippen LogP contribution in [0.5, 0.6) is 11.6 Å². The number of hydrogen-bond acceptors (Lipinski definition) is 10. The molecule has 3 aromatic heterocycles. The fourth-order valence-electron chi connectivity index (χ4n) is 4.56. The summed E-state index contributed by atoms with van der Waals surface area (Å²) in [6.07, 6.45) is -1.74. The number of amides is 1. The number of piperidine rings is 1. The first-order valence-corrected chi connectivity index (χ1v) is 12.4. The number of hydrogen-bond donors (Lipinski definition) is 2. The normalized spacial score (nSPS) is 14.4. The molecule has 210 valence electrons. The number of likely N-dealkylation sites (tertiary alicyclic amines) is 1. The molecule has 1 fully saturated rings. The van der Waals surface area contributed by atoms with E-state index in [4.69, 9.17) is 19.6 Å². The van der Waals surface area contributed by atoms with Gasteiger partial charge in [0.25, 0.3) is 5.91 Å². The number of nitrogens with one attached hydrogen (secondary N) is 1. The zero-order chi connectivity index (χ0) is 28.4. The lowest BCUT2D eigenvalue weighted by molar-refractivity contribution is -0.140. The molecule has 0 aliphatic carbocycles. The Kier molecular flexibility index (Phi) is 7.43. The largest absolute Gasteiger partial charge is 0.494 e. The molecule has 3 N–H and O–H groups in total. The van der Waals surface area contributed by atoms with Gasteiger partial charge in [-0.1, -0.05) is 0 Å². The third-order valence-corrected chi connectivity index (χ3v) is 6.60. The summed E-state index contributed by atoms with van der Waals surface area (Å²) in [5.74, 6) is 0.921. The van der Waals surface area contributed by atoms with Crippen molar-refractivity contribution >= 4 is 22.8 Å². The maximum Gasteiger partial charge on any atom is 0.433 e. The number of carbonyl (C=O) groups is 1. The molecule has 0 atom stereocenters. The molecule has 11 nitrogen and oxygen atoms in total. The summed E-state index contributed by atoms with van der Waals surface area (Å²) in [5.41, 5.74) is 5.22. The highest BCUT2D eigenvalue weighted by Crippen LogP contribution is 2.37. The zero-order valence-electron chi connectivity index (χ0n) is 21.7. The number of rotatable bonds is 7. The van der Waals surface area contributed by atoms with Gasteiger partial charge in [0.2, 0.25) is 17.7 Å². The Morgan fingerprint density at radius 3 is 2.55 bits per heavy atom. The molecule has 1 aromatic carbocycles. The Hall–Kier alpha value is -4.46. The van der Waals surface area contributed by atoms with Gasteiger partial charge in [-0.2, -0.15) is 18.2 Å². The number of pyridine rings is 1. The van der Waals surface area contributed by atoms with Gasteiger partial charge in [-0.25, -0.2) is 15.0 Å². The number of alkyl halides is 3. The quantitative estimate of drug-likeness (QED) is 0.344. The maximum atomic E-state index is 13.4. The second-order valence-corrected chi connectivity index (χ2v) is 9.03. The Morgan fingerprint density at radius 2 is 1.88 bits per heavy atom. The van der Waals surface area contributed by atoms with Gasteiger partial charge in [-0.3, -0.25) is 4.79 Å². The zero-order valence-corrected chi connectivity index (χ0v) is 21.7. The van der Waals surface area contributed by atoms with Crippen LogP contribution in [0.3, 0.4) is 0 Å². The molecule has 0 bridgehead atoms. The average Bonchev–Trinajstić information content (AvgIpc) is 3.40. The van der Waals surface area contributed by atoms with Gasteiger partial charge < -0.3 is 29.8 Å². The van der Waals surface area contributed by atoms with Crippen molar-refractivity contribution in [3.63, 3.8) is 0 Å². The maximum absolute atomic E-state index is 13.4.